The average molecular weight is 355 g/mol. The Balaban J connectivity index is 2.05. The fourth-order valence-electron chi connectivity index (χ4n) is 2.09. The van der Waals surface area contributed by atoms with Crippen molar-refractivity contribution in [2.75, 3.05) is 40.4 Å². The van der Waals surface area contributed by atoms with Crippen LogP contribution in [-0.4, -0.2) is 57.2 Å². The van der Waals surface area contributed by atoms with Gasteiger partial charge in [0.05, 0.1) is 18.1 Å². The summed E-state index contributed by atoms with van der Waals surface area (Å²) in [6.07, 6.45) is 0. The fourth-order valence-corrected chi connectivity index (χ4v) is 2.37. The number of benzene rings is 1. The molecule has 0 bridgehead atoms. The molecule has 1 aliphatic heterocycles. The maximum Gasteiger partial charge on any atom is 0.241 e. The van der Waals surface area contributed by atoms with Gasteiger partial charge in [0.2, 0.25) is 5.91 Å². The Bertz CT molecular complexity index is 620. The third-order valence-corrected chi connectivity index (χ3v) is 3.61. The van der Waals surface area contributed by atoms with E-state index in [-0.39, 0.29) is 12.5 Å². The second-order valence-corrected chi connectivity index (χ2v) is 5.85. The molecule has 8 heteroatoms. The van der Waals surface area contributed by atoms with Crippen molar-refractivity contribution in [1.29, 1.82) is 0 Å². The van der Waals surface area contributed by atoms with E-state index in [1.54, 1.807) is 14.1 Å². The van der Waals surface area contributed by atoms with E-state index in [2.05, 4.69) is 15.6 Å². The molecule has 0 saturated heterocycles. The number of nitrogens with zero attached hydrogens (tertiary/aromatic N) is 2. The summed E-state index contributed by atoms with van der Waals surface area (Å²) in [6, 6.07) is 3.69. The molecule has 0 spiro atoms. The molecule has 1 amide bonds. The molecule has 0 radical (unpaired) electrons. The van der Waals surface area contributed by atoms with Gasteiger partial charge in [0.25, 0.3) is 0 Å². The van der Waals surface area contributed by atoms with Crippen LogP contribution in [0.2, 0.25) is 5.02 Å². The summed E-state index contributed by atoms with van der Waals surface area (Å²) in [6.45, 7) is 4.25. The summed E-state index contributed by atoms with van der Waals surface area (Å²) >= 11 is 6.23. The number of rotatable bonds is 5. The predicted octanol–water partition coefficient (Wildman–Crippen LogP) is 1.25. The molecule has 132 valence electrons. The molecule has 0 saturated carbocycles. The first kappa shape index (κ1) is 18.2. The normalized spacial score (nSPS) is 13.4. The fraction of sp³-hybridized carbons (Fsp3) is 0.500. The largest absolute Gasteiger partial charge is 0.486 e. The molecule has 2 N–H and O–H groups in total. The lowest BCUT2D eigenvalue weighted by atomic mass is 10.2. The van der Waals surface area contributed by atoms with Crippen LogP contribution in [0, 0.1) is 0 Å². The Hall–Kier alpha value is -2.15. The molecule has 1 heterocycles. The lowest BCUT2D eigenvalue weighted by molar-refractivity contribution is -0.127. The number of guanidine groups is 1. The van der Waals surface area contributed by atoms with E-state index < -0.39 is 0 Å². The Morgan fingerprint density at radius 1 is 1.29 bits per heavy atom. The number of hydrogen-bond donors (Lipinski definition) is 2. The van der Waals surface area contributed by atoms with E-state index in [4.69, 9.17) is 21.1 Å². The molecule has 1 aromatic carbocycles. The van der Waals surface area contributed by atoms with Crippen LogP contribution in [0.25, 0.3) is 0 Å². The van der Waals surface area contributed by atoms with Gasteiger partial charge in [0.15, 0.2) is 17.5 Å². The highest BCUT2D eigenvalue weighted by atomic mass is 35.5. The summed E-state index contributed by atoms with van der Waals surface area (Å²) in [4.78, 5) is 17.7. The number of hydrogen-bond acceptors (Lipinski definition) is 4. The minimum atomic E-state index is -0.0250. The molecule has 0 fully saturated rings. The van der Waals surface area contributed by atoms with Crippen molar-refractivity contribution in [2.24, 2.45) is 4.99 Å². The van der Waals surface area contributed by atoms with Crippen molar-refractivity contribution < 1.29 is 14.3 Å². The minimum Gasteiger partial charge on any atom is -0.486 e. The lowest BCUT2D eigenvalue weighted by Gasteiger charge is -2.20. The molecule has 0 aliphatic carbocycles. The van der Waals surface area contributed by atoms with Crippen LogP contribution in [-0.2, 0) is 11.3 Å². The summed E-state index contributed by atoms with van der Waals surface area (Å²) in [7, 11) is 3.43. The number of nitrogens with one attached hydrogen (secondary N) is 2. The predicted molar refractivity (Wildman–Crippen MR) is 94.0 cm³/mol. The Labute approximate surface area is 147 Å². The smallest absolute Gasteiger partial charge is 0.241 e. The van der Waals surface area contributed by atoms with Gasteiger partial charge >= 0.3 is 0 Å². The molecule has 2 rings (SSSR count). The minimum absolute atomic E-state index is 0.0250. The van der Waals surface area contributed by atoms with Gasteiger partial charge in [0.1, 0.15) is 13.2 Å². The van der Waals surface area contributed by atoms with E-state index in [1.807, 2.05) is 19.1 Å². The summed E-state index contributed by atoms with van der Waals surface area (Å²) < 4.78 is 11.1. The van der Waals surface area contributed by atoms with Crippen LogP contribution >= 0.6 is 11.6 Å². The molecular weight excluding hydrogens is 332 g/mol. The van der Waals surface area contributed by atoms with Crippen LogP contribution in [0.5, 0.6) is 11.5 Å². The van der Waals surface area contributed by atoms with E-state index in [9.17, 15) is 4.79 Å². The van der Waals surface area contributed by atoms with Crippen LogP contribution in [0.4, 0.5) is 0 Å². The number of likely N-dealkylation sites (N-methyl/N-ethyl adjacent to an activating group) is 1. The van der Waals surface area contributed by atoms with Crippen LogP contribution in [0.15, 0.2) is 17.1 Å². The molecule has 1 aliphatic rings. The highest BCUT2D eigenvalue weighted by Crippen LogP contribution is 2.38. The van der Waals surface area contributed by atoms with E-state index in [0.717, 1.165) is 5.56 Å². The standard InChI is InChI=1S/C16H23ClN4O3/c1-4-18-16(20-10-14(22)21(2)3)19-9-11-7-12(17)15-13(8-11)23-5-6-24-15/h7-8H,4-6,9-10H2,1-3H3,(H2,18,19,20). The summed E-state index contributed by atoms with van der Waals surface area (Å²) in [5, 5.41) is 6.62. The van der Waals surface area contributed by atoms with Gasteiger partial charge in [-0.2, -0.15) is 0 Å². The number of carbonyl (C=O) groups is 1. The molecule has 7 nitrogen and oxygen atoms in total. The molecule has 0 aromatic heterocycles. The SMILES string of the molecule is CCNC(=NCc1cc(Cl)c2c(c1)OCCO2)NCC(=O)N(C)C. The van der Waals surface area contributed by atoms with Crippen LogP contribution in [0.1, 0.15) is 12.5 Å². The monoisotopic (exact) mass is 354 g/mol. The van der Waals surface area contributed by atoms with Crippen molar-refractivity contribution in [3.8, 4) is 11.5 Å². The van der Waals surface area contributed by atoms with Gasteiger partial charge in [0, 0.05) is 20.6 Å². The van der Waals surface area contributed by atoms with Crippen LogP contribution in [0.3, 0.4) is 0 Å². The zero-order chi connectivity index (χ0) is 17.5. The van der Waals surface area contributed by atoms with Crippen molar-refractivity contribution >= 4 is 23.5 Å². The lowest BCUT2D eigenvalue weighted by Crippen LogP contribution is -2.42. The number of carbonyl (C=O) groups excluding carboxylic acids is 1. The van der Waals surface area contributed by atoms with E-state index in [0.29, 0.717) is 48.8 Å². The Morgan fingerprint density at radius 2 is 2.04 bits per heavy atom. The number of fused-ring (bicyclic) bond motifs is 1. The van der Waals surface area contributed by atoms with Gasteiger partial charge in [-0.3, -0.25) is 4.79 Å². The molecular formula is C16H23ClN4O3. The third kappa shape index (κ3) is 4.92. The van der Waals surface area contributed by atoms with Gasteiger partial charge in [-0.25, -0.2) is 4.99 Å². The van der Waals surface area contributed by atoms with Gasteiger partial charge in [-0.15, -0.1) is 0 Å². The second kappa shape index (κ2) is 8.63. The average Bonchev–Trinajstić information content (AvgIpc) is 2.57. The number of ether oxygens (including phenoxy) is 2. The molecule has 24 heavy (non-hydrogen) atoms. The highest BCUT2D eigenvalue weighted by molar-refractivity contribution is 6.32. The zero-order valence-corrected chi connectivity index (χ0v) is 14.9. The van der Waals surface area contributed by atoms with Crippen molar-refractivity contribution in [2.45, 2.75) is 13.5 Å². The topological polar surface area (TPSA) is 75.2 Å². The summed E-state index contributed by atoms with van der Waals surface area (Å²) in [5.74, 6) is 1.76. The van der Waals surface area contributed by atoms with E-state index >= 15 is 0 Å². The highest BCUT2D eigenvalue weighted by Gasteiger charge is 2.16. The first-order chi connectivity index (χ1) is 11.5. The number of aliphatic imine (C=N–C) groups is 1. The number of halogens is 1. The van der Waals surface area contributed by atoms with Crippen LogP contribution < -0.4 is 20.1 Å². The molecule has 0 atom stereocenters. The van der Waals surface area contributed by atoms with Gasteiger partial charge in [-0.05, 0) is 24.6 Å². The Morgan fingerprint density at radius 3 is 2.75 bits per heavy atom. The molecule has 0 unspecified atom stereocenters. The summed E-state index contributed by atoms with van der Waals surface area (Å²) in [5.41, 5.74) is 0.903. The number of amides is 1. The Kier molecular flexibility index (Phi) is 6.54. The van der Waals surface area contributed by atoms with Gasteiger partial charge < -0.3 is 25.0 Å². The van der Waals surface area contributed by atoms with Crippen molar-refractivity contribution in [3.63, 3.8) is 0 Å². The first-order valence-electron chi connectivity index (χ1n) is 7.81. The quantitative estimate of drug-likeness (QED) is 0.615. The van der Waals surface area contributed by atoms with Crippen molar-refractivity contribution in [1.82, 2.24) is 15.5 Å². The zero-order valence-electron chi connectivity index (χ0n) is 14.2. The molecule has 1 aromatic rings. The maximum atomic E-state index is 11.7. The first-order valence-corrected chi connectivity index (χ1v) is 8.19. The van der Waals surface area contributed by atoms with Gasteiger partial charge in [-0.1, -0.05) is 11.6 Å². The maximum absolute atomic E-state index is 11.7. The van der Waals surface area contributed by atoms with Crippen molar-refractivity contribution in [3.05, 3.63) is 22.7 Å². The third-order valence-electron chi connectivity index (χ3n) is 3.33. The second-order valence-electron chi connectivity index (χ2n) is 5.44. The van der Waals surface area contributed by atoms with E-state index in [1.165, 1.54) is 4.90 Å².